The second-order valence-electron chi connectivity index (χ2n) is 15.7. The predicted octanol–water partition coefficient (Wildman–Crippen LogP) is 1.41. The summed E-state index contributed by atoms with van der Waals surface area (Å²) in [4.78, 5) is 103. The molecule has 17 nitrogen and oxygen atoms in total. The van der Waals surface area contributed by atoms with Crippen LogP contribution >= 0.6 is 0 Å². The molecule has 0 aromatic carbocycles. The van der Waals surface area contributed by atoms with Crippen LogP contribution in [0.2, 0.25) is 0 Å². The molecular weight excluding hydrogens is 726 g/mol. The maximum atomic E-state index is 13.6. The van der Waals surface area contributed by atoms with Crippen molar-refractivity contribution in [3.63, 3.8) is 0 Å². The highest BCUT2D eigenvalue weighted by molar-refractivity contribution is 5.98. The van der Waals surface area contributed by atoms with E-state index in [1.165, 1.54) is 13.8 Å². The highest BCUT2D eigenvalue weighted by Crippen LogP contribution is 2.15. The van der Waals surface area contributed by atoms with Gasteiger partial charge in [0.05, 0.1) is 13.2 Å². The first kappa shape index (κ1) is 51.7. The van der Waals surface area contributed by atoms with Crippen LogP contribution in [0.4, 0.5) is 0 Å². The second kappa shape index (κ2) is 26.6. The van der Waals surface area contributed by atoms with E-state index in [1.807, 2.05) is 27.7 Å². The van der Waals surface area contributed by atoms with Crippen molar-refractivity contribution >= 4 is 47.3 Å². The molecule has 0 aromatic heterocycles. The minimum Gasteiger partial charge on any atom is -0.480 e. The van der Waals surface area contributed by atoms with Crippen LogP contribution in [0.5, 0.6) is 0 Å². The van der Waals surface area contributed by atoms with E-state index in [0.717, 1.165) is 32.1 Å². The fourth-order valence-corrected chi connectivity index (χ4v) is 5.60. The Labute approximate surface area is 332 Å². The van der Waals surface area contributed by atoms with Crippen molar-refractivity contribution in [3.05, 3.63) is 0 Å². The first-order valence-electron chi connectivity index (χ1n) is 20.1. The summed E-state index contributed by atoms with van der Waals surface area (Å²) in [5.74, 6) is -6.45. The smallest absolute Gasteiger partial charge is 0.326 e. The summed E-state index contributed by atoms with van der Waals surface area (Å²) in [7, 11) is 0. The lowest BCUT2D eigenvalue weighted by Gasteiger charge is -2.33. The fraction of sp³-hybridized carbons (Fsp3) is 0.795. The number of unbranched alkanes of at least 4 members (excludes halogenated alkanes) is 4. The van der Waals surface area contributed by atoms with Crippen molar-refractivity contribution in [3.8, 4) is 0 Å². The molecule has 0 heterocycles. The van der Waals surface area contributed by atoms with E-state index in [4.69, 9.17) is 0 Å². The third-order valence-electron chi connectivity index (χ3n) is 9.59. The number of carboxylic acid groups (broad SMARTS) is 1. The molecule has 0 saturated carbocycles. The van der Waals surface area contributed by atoms with Gasteiger partial charge in [0.25, 0.3) is 0 Å². The number of carboxylic acids is 1. The van der Waals surface area contributed by atoms with E-state index in [-0.39, 0.29) is 43.6 Å². The van der Waals surface area contributed by atoms with Crippen LogP contribution < -0.4 is 37.2 Å². The number of hydrogen-bond acceptors (Lipinski definition) is 9. The molecule has 7 unspecified atom stereocenters. The van der Waals surface area contributed by atoms with Gasteiger partial charge in [-0.2, -0.15) is 0 Å². The monoisotopic (exact) mass is 798 g/mol. The van der Waals surface area contributed by atoms with E-state index in [1.54, 1.807) is 20.8 Å². The molecule has 7 atom stereocenters. The van der Waals surface area contributed by atoms with Gasteiger partial charge in [-0.3, -0.25) is 33.6 Å². The molecule has 0 aromatic rings. The molecule has 0 aliphatic heterocycles. The molecule has 0 aliphatic rings. The van der Waals surface area contributed by atoms with Gasteiger partial charge in [-0.1, -0.05) is 87.5 Å². The van der Waals surface area contributed by atoms with E-state index in [2.05, 4.69) is 44.1 Å². The normalized spacial score (nSPS) is 15.5. The summed E-state index contributed by atoms with van der Waals surface area (Å²) in [6.45, 7) is 16.2. The van der Waals surface area contributed by atoms with Crippen molar-refractivity contribution in [2.75, 3.05) is 13.2 Å². The van der Waals surface area contributed by atoms with E-state index in [0.29, 0.717) is 12.8 Å². The summed E-state index contributed by atoms with van der Waals surface area (Å²) in [5, 5.41) is 37.5. The lowest BCUT2D eigenvalue weighted by molar-refractivity contribution is -0.143. The maximum Gasteiger partial charge on any atom is 0.326 e. The number of hydrogen-bond donors (Lipinski definition) is 9. The molecule has 17 heteroatoms. The minimum absolute atomic E-state index is 0.0356. The van der Waals surface area contributed by atoms with Gasteiger partial charge >= 0.3 is 5.97 Å². The van der Waals surface area contributed by atoms with E-state index < -0.39 is 89.7 Å². The number of rotatable bonds is 28. The van der Waals surface area contributed by atoms with Crippen molar-refractivity contribution in [1.29, 1.82) is 0 Å². The number of aliphatic hydroxyl groups is 1. The van der Waals surface area contributed by atoms with E-state index >= 15 is 0 Å². The summed E-state index contributed by atoms with van der Waals surface area (Å²) in [5.41, 5.74) is -1.63. The van der Waals surface area contributed by atoms with Crippen LogP contribution in [0.1, 0.15) is 133 Å². The summed E-state index contributed by atoms with van der Waals surface area (Å²) in [6, 6.07) is -6.09. The predicted molar refractivity (Wildman–Crippen MR) is 212 cm³/mol. The van der Waals surface area contributed by atoms with Crippen LogP contribution in [0.15, 0.2) is 0 Å². The van der Waals surface area contributed by atoms with Crippen LogP contribution in [0.3, 0.4) is 0 Å². The Kier molecular flexibility index (Phi) is 24.5. The standard InChI is InChI=1S/C39H71N7O10/c1-11-14-15-16-17-18-30(48)40-21-31(49)41-26(9)33(50)42-27(19-23(4)5)35(52)46-39(10,13-3)38(56)44-29(22-47)34(51)45-32(25(8)12-2)36(53)43-28(37(54)55)20-24(6)7/h23-29,32,47H,11-22H2,1-10H3,(H,40,48)(H,41,49)(H,42,50)(H,43,53)(H,44,56)(H,45,51)(H,46,52)(H,54,55). The Morgan fingerprint density at radius 3 is 1.71 bits per heavy atom. The molecule has 9 N–H and O–H groups in total. The van der Waals surface area contributed by atoms with Crippen LogP contribution in [-0.2, 0) is 38.4 Å². The molecule has 0 saturated heterocycles. The Hall–Kier alpha value is -4.28. The SMILES string of the molecule is CCCCCCCC(=O)NCC(=O)NC(C)C(=O)NC(CC(C)C)C(=O)NC(C)(CC)C(=O)NC(CO)C(=O)NC(C(=O)NC(CC(C)C)C(=O)O)C(C)CC. The molecule has 0 fully saturated rings. The molecule has 0 radical (unpaired) electrons. The van der Waals surface area contributed by atoms with Crippen LogP contribution in [-0.4, -0.2) is 106 Å². The molecule has 0 bridgehead atoms. The zero-order valence-electron chi connectivity index (χ0n) is 35.3. The third-order valence-corrected chi connectivity index (χ3v) is 9.59. The third kappa shape index (κ3) is 19.5. The topological polar surface area (TPSA) is 261 Å². The number of nitrogens with one attached hydrogen (secondary N) is 7. The Bertz CT molecular complexity index is 1310. The Morgan fingerprint density at radius 2 is 1.20 bits per heavy atom. The zero-order valence-corrected chi connectivity index (χ0v) is 35.3. The number of aliphatic carboxylic acids is 1. The van der Waals surface area contributed by atoms with Crippen molar-refractivity contribution in [2.24, 2.45) is 17.8 Å². The number of carbonyl (C=O) groups excluding carboxylic acids is 7. The number of aliphatic hydroxyl groups excluding tert-OH is 1. The van der Waals surface area contributed by atoms with Gasteiger partial charge in [-0.05, 0) is 57.3 Å². The van der Waals surface area contributed by atoms with Gasteiger partial charge in [0.2, 0.25) is 41.4 Å². The maximum absolute atomic E-state index is 13.6. The lowest BCUT2D eigenvalue weighted by Crippen LogP contribution is -2.64. The largest absolute Gasteiger partial charge is 0.480 e. The van der Waals surface area contributed by atoms with Gasteiger partial charge in [0.15, 0.2) is 0 Å². The Morgan fingerprint density at radius 1 is 0.625 bits per heavy atom. The summed E-state index contributed by atoms with van der Waals surface area (Å²) in [6.07, 6.45) is 5.99. The van der Waals surface area contributed by atoms with Crippen molar-refractivity contribution in [1.82, 2.24) is 37.2 Å². The van der Waals surface area contributed by atoms with E-state index in [9.17, 15) is 48.6 Å². The quantitative estimate of drug-likeness (QED) is 0.0514. The molecular formula is C39H71N7O10. The zero-order chi connectivity index (χ0) is 43.2. The second-order valence-corrected chi connectivity index (χ2v) is 15.7. The van der Waals surface area contributed by atoms with Crippen molar-refractivity contribution < 1.29 is 48.6 Å². The molecule has 0 spiro atoms. The molecule has 0 aliphatic carbocycles. The van der Waals surface area contributed by atoms with Gasteiger partial charge in [-0.25, -0.2) is 4.79 Å². The number of amides is 7. The average Bonchev–Trinajstić information content (AvgIpc) is 3.13. The summed E-state index contributed by atoms with van der Waals surface area (Å²) >= 11 is 0. The highest BCUT2D eigenvalue weighted by Gasteiger charge is 2.39. The van der Waals surface area contributed by atoms with Gasteiger partial charge in [0.1, 0.15) is 35.7 Å². The molecule has 7 amide bonds. The molecule has 0 rings (SSSR count). The lowest BCUT2D eigenvalue weighted by atomic mass is 9.94. The van der Waals surface area contributed by atoms with Crippen molar-refractivity contribution in [2.45, 2.75) is 169 Å². The van der Waals surface area contributed by atoms with Crippen LogP contribution in [0, 0.1) is 17.8 Å². The van der Waals surface area contributed by atoms with Gasteiger partial charge < -0.3 is 47.4 Å². The minimum atomic E-state index is -1.63. The average molecular weight is 798 g/mol. The van der Waals surface area contributed by atoms with Gasteiger partial charge in [-0.15, -0.1) is 0 Å². The fourth-order valence-electron chi connectivity index (χ4n) is 5.60. The summed E-state index contributed by atoms with van der Waals surface area (Å²) < 4.78 is 0. The first-order valence-corrected chi connectivity index (χ1v) is 20.1. The number of carbonyl (C=O) groups is 8. The van der Waals surface area contributed by atoms with Gasteiger partial charge in [0, 0.05) is 6.42 Å². The first-order chi connectivity index (χ1) is 26.1. The highest BCUT2D eigenvalue weighted by atomic mass is 16.4. The molecule has 56 heavy (non-hydrogen) atoms. The van der Waals surface area contributed by atoms with Crippen LogP contribution in [0.25, 0.3) is 0 Å². The molecule has 322 valence electrons. The Balaban J connectivity index is 5.66.